The van der Waals surface area contributed by atoms with Crippen LogP contribution in [0.3, 0.4) is 0 Å². The molecule has 18 heavy (non-hydrogen) atoms. The van der Waals surface area contributed by atoms with Crippen LogP contribution >= 0.6 is 0 Å². The van der Waals surface area contributed by atoms with Crippen LogP contribution in [0, 0.1) is 17.8 Å². The summed E-state index contributed by atoms with van der Waals surface area (Å²) in [5.41, 5.74) is 0. The van der Waals surface area contributed by atoms with Crippen LogP contribution in [0.1, 0.15) is 45.4 Å². The fraction of sp³-hybridized carbons (Fsp3) is 0.857. The molecular weight excluding hydrogens is 230 g/mol. The third-order valence-electron chi connectivity index (χ3n) is 4.40. The Morgan fingerprint density at radius 1 is 1.17 bits per heavy atom. The van der Waals surface area contributed by atoms with Gasteiger partial charge in [0.05, 0.1) is 18.9 Å². The molecule has 2 saturated carbocycles. The summed E-state index contributed by atoms with van der Waals surface area (Å²) in [6, 6.07) is 0.319. The van der Waals surface area contributed by atoms with Crippen molar-refractivity contribution >= 4 is 11.9 Å². The van der Waals surface area contributed by atoms with Crippen LogP contribution in [0.5, 0.6) is 0 Å². The van der Waals surface area contributed by atoms with Gasteiger partial charge in [0, 0.05) is 6.04 Å². The van der Waals surface area contributed by atoms with Gasteiger partial charge in [-0.3, -0.25) is 9.59 Å². The first-order valence-electron chi connectivity index (χ1n) is 7.03. The molecule has 0 aromatic heterocycles. The highest BCUT2D eigenvalue weighted by Crippen LogP contribution is 2.40. The summed E-state index contributed by atoms with van der Waals surface area (Å²) in [7, 11) is 1.38. The number of rotatable bonds is 4. The number of ether oxygens (including phenoxy) is 1. The zero-order chi connectivity index (χ0) is 13.1. The van der Waals surface area contributed by atoms with Gasteiger partial charge in [-0.2, -0.15) is 0 Å². The highest BCUT2D eigenvalue weighted by Gasteiger charge is 2.49. The molecule has 1 amide bonds. The molecule has 1 N–H and O–H groups in total. The van der Waals surface area contributed by atoms with Gasteiger partial charge in [0.1, 0.15) is 0 Å². The molecule has 4 nitrogen and oxygen atoms in total. The molecule has 0 unspecified atom stereocenters. The SMILES string of the molecule is CCC1CCC(NC(=O)[C@@H]2C[C@H]2C(=O)OC)CC1. The van der Waals surface area contributed by atoms with Gasteiger partial charge < -0.3 is 10.1 Å². The summed E-state index contributed by atoms with van der Waals surface area (Å²) in [6.07, 6.45) is 6.50. The van der Waals surface area contributed by atoms with E-state index in [0.29, 0.717) is 12.5 Å². The van der Waals surface area contributed by atoms with E-state index in [-0.39, 0.29) is 23.7 Å². The molecule has 2 aliphatic rings. The molecule has 0 heterocycles. The number of carbonyl (C=O) groups is 2. The summed E-state index contributed by atoms with van der Waals surface area (Å²) < 4.78 is 4.65. The molecule has 0 aromatic carbocycles. The van der Waals surface area contributed by atoms with E-state index in [2.05, 4.69) is 17.0 Å². The second-order valence-electron chi connectivity index (χ2n) is 5.61. The van der Waals surface area contributed by atoms with Crippen molar-refractivity contribution < 1.29 is 14.3 Å². The van der Waals surface area contributed by atoms with Crippen molar-refractivity contribution in [3.8, 4) is 0 Å². The summed E-state index contributed by atoms with van der Waals surface area (Å²) in [4.78, 5) is 23.2. The third-order valence-corrected chi connectivity index (χ3v) is 4.40. The van der Waals surface area contributed by atoms with E-state index in [9.17, 15) is 9.59 Å². The first kappa shape index (κ1) is 13.4. The minimum Gasteiger partial charge on any atom is -0.469 e. The van der Waals surface area contributed by atoms with Gasteiger partial charge in [0.25, 0.3) is 0 Å². The van der Waals surface area contributed by atoms with Crippen molar-refractivity contribution in [3.63, 3.8) is 0 Å². The van der Waals surface area contributed by atoms with E-state index in [1.807, 2.05) is 0 Å². The van der Waals surface area contributed by atoms with E-state index in [1.54, 1.807) is 0 Å². The lowest BCUT2D eigenvalue weighted by Crippen LogP contribution is -2.39. The quantitative estimate of drug-likeness (QED) is 0.778. The Morgan fingerprint density at radius 2 is 1.83 bits per heavy atom. The molecule has 2 fully saturated rings. The Bertz CT molecular complexity index is 321. The van der Waals surface area contributed by atoms with Crippen LogP contribution < -0.4 is 5.32 Å². The molecule has 4 heteroatoms. The Morgan fingerprint density at radius 3 is 2.39 bits per heavy atom. The Labute approximate surface area is 108 Å². The van der Waals surface area contributed by atoms with Crippen molar-refractivity contribution in [2.45, 2.75) is 51.5 Å². The summed E-state index contributed by atoms with van der Waals surface area (Å²) in [5, 5.41) is 3.09. The maximum Gasteiger partial charge on any atom is 0.309 e. The first-order chi connectivity index (χ1) is 8.65. The maximum absolute atomic E-state index is 11.9. The smallest absolute Gasteiger partial charge is 0.309 e. The van der Waals surface area contributed by atoms with Gasteiger partial charge >= 0.3 is 5.97 Å². The van der Waals surface area contributed by atoms with Gasteiger partial charge in [-0.15, -0.1) is 0 Å². The van der Waals surface area contributed by atoms with E-state index < -0.39 is 0 Å². The van der Waals surface area contributed by atoms with Crippen molar-refractivity contribution in [3.05, 3.63) is 0 Å². The maximum atomic E-state index is 11.9. The molecule has 2 aliphatic carbocycles. The third kappa shape index (κ3) is 3.03. The van der Waals surface area contributed by atoms with Crippen molar-refractivity contribution in [1.82, 2.24) is 5.32 Å². The molecule has 2 rings (SSSR count). The Balaban J connectivity index is 1.72. The van der Waals surface area contributed by atoms with Crippen LogP contribution in [0.2, 0.25) is 0 Å². The number of carbonyl (C=O) groups excluding carboxylic acids is 2. The van der Waals surface area contributed by atoms with E-state index in [4.69, 9.17) is 0 Å². The number of methoxy groups -OCH3 is 1. The van der Waals surface area contributed by atoms with Gasteiger partial charge in [-0.25, -0.2) is 0 Å². The number of nitrogens with one attached hydrogen (secondary N) is 1. The highest BCUT2D eigenvalue weighted by molar-refractivity contribution is 5.90. The minimum atomic E-state index is -0.246. The second-order valence-corrected chi connectivity index (χ2v) is 5.61. The number of hydrogen-bond donors (Lipinski definition) is 1. The average molecular weight is 253 g/mol. The largest absolute Gasteiger partial charge is 0.469 e. The first-order valence-corrected chi connectivity index (χ1v) is 7.03. The van der Waals surface area contributed by atoms with Crippen molar-refractivity contribution in [2.75, 3.05) is 7.11 Å². The van der Waals surface area contributed by atoms with Gasteiger partial charge in [-0.1, -0.05) is 13.3 Å². The van der Waals surface area contributed by atoms with Gasteiger partial charge in [0.2, 0.25) is 5.91 Å². The topological polar surface area (TPSA) is 55.4 Å². The Kier molecular flexibility index (Phi) is 4.25. The van der Waals surface area contributed by atoms with E-state index >= 15 is 0 Å². The summed E-state index contributed by atoms with van der Waals surface area (Å²) in [5.74, 6) is 0.306. The molecule has 0 radical (unpaired) electrons. The summed E-state index contributed by atoms with van der Waals surface area (Å²) in [6.45, 7) is 2.23. The predicted octanol–water partition coefficient (Wildman–Crippen LogP) is 1.88. The second kappa shape index (κ2) is 5.72. The van der Waals surface area contributed by atoms with Crippen LogP contribution in [0.4, 0.5) is 0 Å². The van der Waals surface area contributed by atoms with Crippen molar-refractivity contribution in [2.24, 2.45) is 17.8 Å². The number of esters is 1. The van der Waals surface area contributed by atoms with Crippen LogP contribution in [-0.4, -0.2) is 25.0 Å². The zero-order valence-corrected chi connectivity index (χ0v) is 11.3. The Hall–Kier alpha value is -1.06. The van der Waals surface area contributed by atoms with Crippen LogP contribution in [0.15, 0.2) is 0 Å². The molecule has 0 aromatic rings. The predicted molar refractivity (Wildman–Crippen MR) is 67.8 cm³/mol. The van der Waals surface area contributed by atoms with Crippen molar-refractivity contribution in [1.29, 1.82) is 0 Å². The fourth-order valence-electron chi connectivity index (χ4n) is 2.92. The number of amides is 1. The normalized spacial score (nSPS) is 34.8. The number of hydrogen-bond acceptors (Lipinski definition) is 3. The monoisotopic (exact) mass is 253 g/mol. The molecular formula is C14H23NO3. The lowest BCUT2D eigenvalue weighted by atomic mass is 9.84. The lowest BCUT2D eigenvalue weighted by molar-refractivity contribution is -0.143. The lowest BCUT2D eigenvalue weighted by Gasteiger charge is -2.28. The van der Waals surface area contributed by atoms with Crippen LogP contribution in [0.25, 0.3) is 0 Å². The van der Waals surface area contributed by atoms with Crippen LogP contribution in [-0.2, 0) is 14.3 Å². The standard InChI is InChI=1S/C14H23NO3/c1-3-9-4-6-10(7-5-9)15-13(16)11-8-12(11)14(17)18-2/h9-12H,3-8H2,1-2H3,(H,15,16)/t9?,10?,11-,12-/m1/s1. The van der Waals surface area contributed by atoms with Gasteiger partial charge in [-0.05, 0) is 38.0 Å². The summed E-state index contributed by atoms with van der Waals surface area (Å²) >= 11 is 0. The molecule has 0 saturated heterocycles. The van der Waals surface area contributed by atoms with Gasteiger partial charge in [0.15, 0.2) is 0 Å². The molecule has 0 bridgehead atoms. The zero-order valence-electron chi connectivity index (χ0n) is 11.3. The van der Waals surface area contributed by atoms with E-state index in [0.717, 1.165) is 18.8 Å². The molecule has 102 valence electrons. The minimum absolute atomic E-state index is 0.0466. The fourth-order valence-corrected chi connectivity index (χ4v) is 2.92. The average Bonchev–Trinajstić information content (AvgIpc) is 3.19. The molecule has 0 aliphatic heterocycles. The van der Waals surface area contributed by atoms with E-state index in [1.165, 1.54) is 26.4 Å². The molecule has 2 atom stereocenters. The highest BCUT2D eigenvalue weighted by atomic mass is 16.5. The molecule has 0 spiro atoms.